The van der Waals surface area contributed by atoms with Crippen LogP contribution in [-0.2, 0) is 4.79 Å². The smallest absolute Gasteiger partial charge is 0.271 e. The number of carbonyl (C=O) groups is 2. The van der Waals surface area contributed by atoms with Gasteiger partial charge in [-0.05, 0) is 86.8 Å². The number of hydrogen-bond donors (Lipinski definition) is 3. The first-order valence-corrected chi connectivity index (χ1v) is 11.5. The first-order valence-electron chi connectivity index (χ1n) is 9.95. The lowest BCUT2D eigenvalue weighted by atomic mass is 10.2. The van der Waals surface area contributed by atoms with E-state index in [0.717, 1.165) is 5.56 Å². The van der Waals surface area contributed by atoms with Gasteiger partial charge in [0.1, 0.15) is 5.75 Å². The molecule has 0 unspecified atom stereocenters. The number of ether oxygens (including phenoxy) is 2. The molecule has 10 heteroatoms. The molecule has 0 aromatic heterocycles. The van der Waals surface area contributed by atoms with Crippen molar-refractivity contribution in [1.82, 2.24) is 5.43 Å². The Labute approximate surface area is 213 Å². The summed E-state index contributed by atoms with van der Waals surface area (Å²) in [5.74, 6) is 0.0457. The number of nitrogens with zero attached hydrogens (tertiary/aromatic N) is 1. The van der Waals surface area contributed by atoms with E-state index in [9.17, 15) is 14.7 Å². The second-order valence-electron chi connectivity index (χ2n) is 7.10. The molecule has 0 bridgehead atoms. The van der Waals surface area contributed by atoms with E-state index in [1.807, 2.05) is 31.2 Å². The molecule has 3 rings (SSSR count). The number of anilines is 1. The maximum Gasteiger partial charge on any atom is 0.271 e. The number of phenols is 1. The van der Waals surface area contributed by atoms with Gasteiger partial charge >= 0.3 is 0 Å². The summed E-state index contributed by atoms with van der Waals surface area (Å²) in [4.78, 5) is 24.5. The van der Waals surface area contributed by atoms with Crippen LogP contribution >= 0.6 is 31.9 Å². The van der Waals surface area contributed by atoms with Gasteiger partial charge in [-0.25, -0.2) is 5.43 Å². The number of carbonyl (C=O) groups excluding carboxylic acids is 2. The maximum absolute atomic E-state index is 12.3. The van der Waals surface area contributed by atoms with Crippen LogP contribution in [0.15, 0.2) is 68.6 Å². The summed E-state index contributed by atoms with van der Waals surface area (Å²) >= 11 is 6.37. The van der Waals surface area contributed by atoms with Gasteiger partial charge in [0, 0.05) is 11.3 Å². The Morgan fingerprint density at radius 2 is 1.71 bits per heavy atom. The number of aryl methyl sites for hydroxylation is 1. The zero-order valence-electron chi connectivity index (χ0n) is 18.3. The molecule has 0 aliphatic heterocycles. The van der Waals surface area contributed by atoms with Gasteiger partial charge in [-0.2, -0.15) is 5.10 Å². The number of halogens is 2. The number of rotatable bonds is 8. The fourth-order valence-corrected chi connectivity index (χ4v) is 3.97. The summed E-state index contributed by atoms with van der Waals surface area (Å²) in [7, 11) is 1.48. The Hall–Kier alpha value is -3.37. The Morgan fingerprint density at radius 1 is 1.03 bits per heavy atom. The molecule has 0 heterocycles. The second-order valence-corrected chi connectivity index (χ2v) is 8.81. The van der Waals surface area contributed by atoms with Crippen LogP contribution in [0.3, 0.4) is 0 Å². The minimum absolute atomic E-state index is 0.00193. The first kappa shape index (κ1) is 25.3. The largest absolute Gasteiger partial charge is 0.506 e. The van der Waals surface area contributed by atoms with Crippen molar-refractivity contribution >= 4 is 55.6 Å². The Morgan fingerprint density at radius 3 is 2.35 bits per heavy atom. The van der Waals surface area contributed by atoms with Crippen molar-refractivity contribution in [2.45, 2.75) is 6.92 Å². The van der Waals surface area contributed by atoms with Gasteiger partial charge in [0.05, 0.1) is 22.3 Å². The first-order chi connectivity index (χ1) is 16.3. The lowest BCUT2D eigenvalue weighted by Gasteiger charge is -2.11. The minimum Gasteiger partial charge on any atom is -0.506 e. The van der Waals surface area contributed by atoms with Crippen molar-refractivity contribution in [2.75, 3.05) is 19.0 Å². The Balaban J connectivity index is 1.58. The van der Waals surface area contributed by atoms with Crippen LogP contribution in [0.4, 0.5) is 5.69 Å². The zero-order chi connectivity index (χ0) is 24.7. The summed E-state index contributed by atoms with van der Waals surface area (Å²) in [6.07, 6.45) is 1.44. The molecule has 34 heavy (non-hydrogen) atoms. The number of amides is 2. The maximum atomic E-state index is 12.3. The van der Waals surface area contributed by atoms with E-state index in [1.165, 1.54) is 25.5 Å². The number of aromatic hydroxyl groups is 1. The van der Waals surface area contributed by atoms with Crippen LogP contribution in [0, 0.1) is 6.92 Å². The predicted octanol–water partition coefficient (Wildman–Crippen LogP) is 5.02. The predicted molar refractivity (Wildman–Crippen MR) is 137 cm³/mol. The van der Waals surface area contributed by atoms with Gasteiger partial charge in [-0.3, -0.25) is 9.59 Å². The number of benzene rings is 3. The van der Waals surface area contributed by atoms with Gasteiger partial charge in [-0.15, -0.1) is 0 Å². The van der Waals surface area contributed by atoms with E-state index in [2.05, 4.69) is 47.7 Å². The van der Waals surface area contributed by atoms with Gasteiger partial charge < -0.3 is 19.9 Å². The van der Waals surface area contributed by atoms with Crippen molar-refractivity contribution < 1.29 is 24.2 Å². The SMILES string of the molecule is COc1cc(/C=N/NC(=O)c2cc(Br)c(O)c(Br)c2)ccc1OCC(=O)Nc1ccc(C)cc1. The number of phenolic OH excluding ortho intramolecular Hbond substituents is 1. The van der Waals surface area contributed by atoms with E-state index in [0.29, 0.717) is 37.3 Å². The molecule has 0 saturated carbocycles. The summed E-state index contributed by atoms with van der Waals surface area (Å²) in [5.41, 5.74) is 5.15. The van der Waals surface area contributed by atoms with Gasteiger partial charge in [0.25, 0.3) is 11.8 Å². The van der Waals surface area contributed by atoms with Crippen LogP contribution in [-0.4, -0.2) is 36.9 Å². The molecule has 0 saturated heterocycles. The zero-order valence-corrected chi connectivity index (χ0v) is 21.4. The van der Waals surface area contributed by atoms with Gasteiger partial charge in [0.2, 0.25) is 0 Å². The molecule has 0 radical (unpaired) electrons. The van der Waals surface area contributed by atoms with Crippen LogP contribution in [0.2, 0.25) is 0 Å². The second kappa shape index (κ2) is 11.7. The summed E-state index contributed by atoms with van der Waals surface area (Å²) in [6, 6.07) is 15.4. The molecule has 176 valence electrons. The van der Waals surface area contributed by atoms with E-state index in [1.54, 1.807) is 18.2 Å². The third kappa shape index (κ3) is 6.82. The molecular formula is C24H21Br2N3O5. The highest BCUT2D eigenvalue weighted by molar-refractivity contribution is 9.11. The Kier molecular flexibility index (Phi) is 8.67. The quantitative estimate of drug-likeness (QED) is 0.252. The number of nitrogens with one attached hydrogen (secondary N) is 2. The summed E-state index contributed by atoms with van der Waals surface area (Å²) < 4.78 is 11.7. The molecular weight excluding hydrogens is 570 g/mol. The molecule has 2 amide bonds. The topological polar surface area (TPSA) is 109 Å². The van der Waals surface area contributed by atoms with Crippen LogP contribution in [0.5, 0.6) is 17.2 Å². The fourth-order valence-electron chi connectivity index (χ4n) is 2.79. The fraction of sp³-hybridized carbons (Fsp3) is 0.125. The van der Waals surface area contributed by atoms with Crippen molar-refractivity contribution in [2.24, 2.45) is 5.10 Å². The third-order valence-electron chi connectivity index (χ3n) is 4.54. The lowest BCUT2D eigenvalue weighted by Crippen LogP contribution is -2.20. The highest BCUT2D eigenvalue weighted by Crippen LogP contribution is 2.33. The van der Waals surface area contributed by atoms with Crippen LogP contribution in [0.1, 0.15) is 21.5 Å². The van der Waals surface area contributed by atoms with E-state index in [-0.39, 0.29) is 18.3 Å². The average Bonchev–Trinajstić information content (AvgIpc) is 2.82. The molecule has 3 aromatic rings. The van der Waals surface area contributed by atoms with E-state index in [4.69, 9.17) is 9.47 Å². The van der Waals surface area contributed by atoms with Crippen LogP contribution in [0.25, 0.3) is 0 Å². The Bertz CT molecular complexity index is 1210. The average molecular weight is 591 g/mol. The monoisotopic (exact) mass is 589 g/mol. The highest BCUT2D eigenvalue weighted by atomic mass is 79.9. The van der Waals surface area contributed by atoms with Gasteiger partial charge in [-0.1, -0.05) is 17.7 Å². The molecule has 0 fully saturated rings. The molecule has 8 nitrogen and oxygen atoms in total. The number of hydrogen-bond acceptors (Lipinski definition) is 6. The summed E-state index contributed by atoms with van der Waals surface area (Å²) in [5, 5.41) is 16.5. The van der Waals surface area contributed by atoms with Crippen molar-refractivity contribution in [3.63, 3.8) is 0 Å². The molecule has 0 atom stereocenters. The third-order valence-corrected chi connectivity index (χ3v) is 5.75. The molecule has 3 N–H and O–H groups in total. The van der Waals surface area contributed by atoms with Gasteiger partial charge in [0.15, 0.2) is 18.1 Å². The normalized spacial score (nSPS) is 10.7. The molecule has 0 aliphatic carbocycles. The molecule has 3 aromatic carbocycles. The highest BCUT2D eigenvalue weighted by Gasteiger charge is 2.12. The molecule has 0 aliphatic rings. The van der Waals surface area contributed by atoms with Crippen molar-refractivity contribution in [1.29, 1.82) is 0 Å². The minimum atomic E-state index is -0.454. The number of hydrazone groups is 1. The molecule has 0 spiro atoms. The number of methoxy groups -OCH3 is 1. The van der Waals surface area contributed by atoms with E-state index >= 15 is 0 Å². The van der Waals surface area contributed by atoms with E-state index < -0.39 is 5.91 Å². The lowest BCUT2D eigenvalue weighted by molar-refractivity contribution is -0.118. The standard InChI is InChI=1S/C24H21Br2N3O5/c1-14-3-6-17(7-4-14)28-22(30)13-34-20-8-5-15(9-21(20)33-2)12-27-29-24(32)16-10-18(25)23(31)19(26)11-16/h3-12,31H,13H2,1-2H3,(H,28,30)(H,29,32)/b27-12+. The van der Waals surface area contributed by atoms with Crippen LogP contribution < -0.4 is 20.2 Å². The summed E-state index contributed by atoms with van der Waals surface area (Å²) in [6.45, 7) is 1.78. The van der Waals surface area contributed by atoms with Crippen molar-refractivity contribution in [3.8, 4) is 17.2 Å². The van der Waals surface area contributed by atoms with Crippen molar-refractivity contribution in [3.05, 3.63) is 80.2 Å².